The van der Waals surface area contributed by atoms with Gasteiger partial charge in [0.2, 0.25) is 0 Å². The van der Waals surface area contributed by atoms with E-state index in [0.717, 1.165) is 33.2 Å². The second-order valence-electron chi connectivity index (χ2n) is 4.76. The zero-order valence-electron chi connectivity index (χ0n) is 10.9. The van der Waals surface area contributed by atoms with E-state index in [1.54, 1.807) is 0 Å². The fourth-order valence-electron chi connectivity index (χ4n) is 2.08. The van der Waals surface area contributed by atoms with Crippen LogP contribution in [0.5, 0.6) is 0 Å². The second kappa shape index (κ2) is 6.17. The van der Waals surface area contributed by atoms with Gasteiger partial charge in [-0.15, -0.1) is 11.6 Å². The van der Waals surface area contributed by atoms with Crippen LogP contribution in [0.25, 0.3) is 0 Å². The first-order valence-corrected chi connectivity index (χ1v) is 7.32. The van der Waals surface area contributed by atoms with Crippen LogP contribution in [-0.4, -0.2) is 0 Å². The molecule has 2 rings (SSSR count). The van der Waals surface area contributed by atoms with Crippen LogP contribution in [0, 0.1) is 13.8 Å². The van der Waals surface area contributed by atoms with Crippen LogP contribution in [-0.2, 0) is 6.42 Å². The van der Waals surface area contributed by atoms with Gasteiger partial charge in [0.05, 0.1) is 5.38 Å². The van der Waals surface area contributed by atoms with E-state index >= 15 is 0 Å². The molecule has 0 bridgehead atoms. The van der Waals surface area contributed by atoms with Crippen molar-refractivity contribution < 1.29 is 0 Å². The van der Waals surface area contributed by atoms with Crippen molar-refractivity contribution in [3.8, 4) is 0 Å². The predicted molar refractivity (Wildman–Crippen MR) is 84.7 cm³/mol. The van der Waals surface area contributed by atoms with Crippen LogP contribution < -0.4 is 0 Å². The lowest BCUT2D eigenvalue weighted by atomic mass is 9.98. The SMILES string of the molecule is Cc1cc(C(Cl)Cc2ccc(Cl)cc2)c(C)cc1Cl. The summed E-state index contributed by atoms with van der Waals surface area (Å²) in [5.74, 6) is 0. The second-order valence-corrected chi connectivity index (χ2v) is 6.13. The topological polar surface area (TPSA) is 0 Å². The molecule has 0 fully saturated rings. The van der Waals surface area contributed by atoms with Gasteiger partial charge in [0.25, 0.3) is 0 Å². The summed E-state index contributed by atoms with van der Waals surface area (Å²) in [5, 5.41) is 1.47. The zero-order chi connectivity index (χ0) is 14.0. The Labute approximate surface area is 129 Å². The van der Waals surface area contributed by atoms with Crippen LogP contribution in [0.15, 0.2) is 36.4 Å². The van der Waals surface area contributed by atoms with Gasteiger partial charge >= 0.3 is 0 Å². The average Bonchev–Trinajstić information content (AvgIpc) is 2.36. The van der Waals surface area contributed by atoms with Gasteiger partial charge in [-0.2, -0.15) is 0 Å². The Kier molecular flexibility index (Phi) is 4.78. The summed E-state index contributed by atoms with van der Waals surface area (Å²) in [4.78, 5) is 0. The molecular formula is C16H15Cl3. The molecule has 100 valence electrons. The Morgan fingerprint density at radius 3 is 2.21 bits per heavy atom. The highest BCUT2D eigenvalue weighted by molar-refractivity contribution is 6.31. The highest BCUT2D eigenvalue weighted by atomic mass is 35.5. The first-order valence-electron chi connectivity index (χ1n) is 6.12. The highest BCUT2D eigenvalue weighted by Gasteiger charge is 2.13. The van der Waals surface area contributed by atoms with Crippen LogP contribution in [0.3, 0.4) is 0 Å². The average molecular weight is 314 g/mol. The van der Waals surface area contributed by atoms with Gasteiger partial charge in [0, 0.05) is 10.0 Å². The van der Waals surface area contributed by atoms with E-state index in [4.69, 9.17) is 34.8 Å². The lowest BCUT2D eigenvalue weighted by Crippen LogP contribution is -1.99. The molecule has 0 radical (unpaired) electrons. The zero-order valence-corrected chi connectivity index (χ0v) is 13.2. The maximum Gasteiger partial charge on any atom is 0.0628 e. The number of halogens is 3. The molecule has 0 aliphatic rings. The van der Waals surface area contributed by atoms with Crippen molar-refractivity contribution in [3.63, 3.8) is 0 Å². The molecule has 3 heteroatoms. The molecule has 0 nitrogen and oxygen atoms in total. The number of hydrogen-bond donors (Lipinski definition) is 0. The maximum absolute atomic E-state index is 6.53. The van der Waals surface area contributed by atoms with Gasteiger partial charge in [-0.1, -0.05) is 41.4 Å². The van der Waals surface area contributed by atoms with Crippen molar-refractivity contribution in [1.29, 1.82) is 0 Å². The number of alkyl halides is 1. The number of aryl methyl sites for hydroxylation is 2. The molecule has 1 unspecified atom stereocenters. The minimum atomic E-state index is -0.0582. The molecule has 1 atom stereocenters. The molecule has 2 aromatic carbocycles. The third kappa shape index (κ3) is 3.66. The summed E-state index contributed by atoms with van der Waals surface area (Å²) in [7, 11) is 0. The molecule has 0 saturated carbocycles. The molecule has 19 heavy (non-hydrogen) atoms. The smallest absolute Gasteiger partial charge is 0.0628 e. The van der Waals surface area contributed by atoms with Crippen molar-refractivity contribution >= 4 is 34.8 Å². The molecular weight excluding hydrogens is 299 g/mol. The normalized spacial score (nSPS) is 12.5. The van der Waals surface area contributed by atoms with Crippen LogP contribution in [0.4, 0.5) is 0 Å². The van der Waals surface area contributed by atoms with Gasteiger partial charge in [-0.25, -0.2) is 0 Å². The Hall–Kier alpha value is -0.690. The van der Waals surface area contributed by atoms with Crippen molar-refractivity contribution in [3.05, 3.63) is 68.7 Å². The Morgan fingerprint density at radius 2 is 1.58 bits per heavy atom. The van der Waals surface area contributed by atoms with E-state index in [0.29, 0.717) is 0 Å². The van der Waals surface area contributed by atoms with Gasteiger partial charge in [-0.05, 0) is 60.7 Å². The third-order valence-corrected chi connectivity index (χ3v) is 4.26. The number of rotatable bonds is 3. The molecule has 0 heterocycles. The Balaban J connectivity index is 2.22. The summed E-state index contributed by atoms with van der Waals surface area (Å²) in [5.41, 5.74) is 4.50. The van der Waals surface area contributed by atoms with Crippen LogP contribution >= 0.6 is 34.8 Å². The maximum atomic E-state index is 6.53. The van der Waals surface area contributed by atoms with E-state index in [1.165, 1.54) is 5.56 Å². The summed E-state index contributed by atoms with van der Waals surface area (Å²) in [6.45, 7) is 4.04. The van der Waals surface area contributed by atoms with E-state index in [-0.39, 0.29) is 5.38 Å². The lowest BCUT2D eigenvalue weighted by Gasteiger charge is -2.15. The van der Waals surface area contributed by atoms with E-state index in [1.807, 2.05) is 44.2 Å². The Morgan fingerprint density at radius 1 is 0.947 bits per heavy atom. The minimum Gasteiger partial charge on any atom is -0.117 e. The first kappa shape index (κ1) is 14.7. The monoisotopic (exact) mass is 312 g/mol. The lowest BCUT2D eigenvalue weighted by molar-refractivity contribution is 0.908. The van der Waals surface area contributed by atoms with E-state index < -0.39 is 0 Å². The summed E-state index contributed by atoms with van der Waals surface area (Å²) in [6, 6.07) is 11.8. The van der Waals surface area contributed by atoms with Crippen molar-refractivity contribution in [1.82, 2.24) is 0 Å². The molecule has 2 aromatic rings. The third-order valence-electron chi connectivity index (χ3n) is 3.21. The van der Waals surface area contributed by atoms with Crippen LogP contribution in [0.2, 0.25) is 10.0 Å². The molecule has 0 spiro atoms. The standard InChI is InChI=1S/C16H15Cl3/c1-10-8-15(18)11(2)7-14(10)16(19)9-12-3-5-13(17)6-4-12/h3-8,16H,9H2,1-2H3. The number of hydrogen-bond acceptors (Lipinski definition) is 0. The highest BCUT2D eigenvalue weighted by Crippen LogP contribution is 2.31. The fourth-order valence-corrected chi connectivity index (χ4v) is 2.84. The Bertz CT molecular complexity index is 573. The predicted octanol–water partition coefficient (Wildman–Crippen LogP) is 6.13. The van der Waals surface area contributed by atoms with Crippen molar-refractivity contribution in [2.24, 2.45) is 0 Å². The molecule has 0 amide bonds. The molecule has 0 aliphatic carbocycles. The van der Waals surface area contributed by atoms with Crippen molar-refractivity contribution in [2.45, 2.75) is 25.6 Å². The fraction of sp³-hybridized carbons (Fsp3) is 0.250. The molecule has 0 N–H and O–H groups in total. The summed E-state index contributed by atoms with van der Waals surface area (Å²) >= 11 is 18.5. The van der Waals surface area contributed by atoms with Crippen LogP contribution in [0.1, 0.15) is 27.6 Å². The van der Waals surface area contributed by atoms with E-state index in [2.05, 4.69) is 6.07 Å². The van der Waals surface area contributed by atoms with Gasteiger partial charge < -0.3 is 0 Å². The van der Waals surface area contributed by atoms with Gasteiger partial charge in [0.15, 0.2) is 0 Å². The van der Waals surface area contributed by atoms with Crippen molar-refractivity contribution in [2.75, 3.05) is 0 Å². The van der Waals surface area contributed by atoms with E-state index in [9.17, 15) is 0 Å². The first-order chi connectivity index (χ1) is 8.97. The van der Waals surface area contributed by atoms with Gasteiger partial charge in [0.1, 0.15) is 0 Å². The quantitative estimate of drug-likeness (QED) is 0.598. The van der Waals surface area contributed by atoms with Gasteiger partial charge in [-0.3, -0.25) is 0 Å². The summed E-state index contributed by atoms with van der Waals surface area (Å²) in [6.07, 6.45) is 0.778. The molecule has 0 aliphatic heterocycles. The minimum absolute atomic E-state index is 0.0582. The molecule has 0 aromatic heterocycles. The largest absolute Gasteiger partial charge is 0.117 e. The number of benzene rings is 2. The molecule has 0 saturated heterocycles. The summed E-state index contributed by atoms with van der Waals surface area (Å²) < 4.78 is 0.